The maximum atomic E-state index is 13.0. The lowest BCUT2D eigenvalue weighted by molar-refractivity contribution is -0.870. The van der Waals surface area contributed by atoms with Crippen molar-refractivity contribution in [3.05, 3.63) is 36.5 Å². The van der Waals surface area contributed by atoms with E-state index in [0.29, 0.717) is 17.4 Å². The number of hydrogen-bond donors (Lipinski definition) is 1. The van der Waals surface area contributed by atoms with Crippen LogP contribution in [0.3, 0.4) is 0 Å². The molecular weight excluding hydrogens is 1250 g/mol. The number of quaternary nitrogens is 1. The number of hydrogen-bond acceptors (Lipinski definition) is 7. The van der Waals surface area contributed by atoms with Gasteiger partial charge in [-0.25, -0.2) is 4.79 Å². The largest absolute Gasteiger partial charge is 0.477 e. The molecule has 0 heterocycles. The SMILES string of the molecule is CCCCCCC/C=C\C/C=C\CCCCCCCCCCCCCCCCCCCCCCCCCCCC(=O)OC(COC(=O)CCCCCCCCCCCCCCCCCCCCCCCCCCCCC/C=C\CCCCCCCCCC)COC(OCC[N+](C)(C)C)C(=O)O. The Morgan fingerprint density at radius 3 is 0.792 bits per heavy atom. The van der Waals surface area contributed by atoms with Crippen LogP contribution in [-0.2, 0) is 33.3 Å². The highest BCUT2D eigenvalue weighted by molar-refractivity contribution is 5.71. The predicted octanol–water partition coefficient (Wildman–Crippen LogP) is 29.4. The molecule has 0 aliphatic rings. The van der Waals surface area contributed by atoms with E-state index in [1.807, 2.05) is 21.1 Å². The minimum absolute atomic E-state index is 0.174. The van der Waals surface area contributed by atoms with E-state index in [0.717, 1.165) is 44.9 Å². The Balaban J connectivity index is 3.89. The monoisotopic (exact) mass is 1420 g/mol. The summed E-state index contributed by atoms with van der Waals surface area (Å²) < 4.78 is 23.1. The molecule has 0 saturated carbocycles. The second-order valence-corrected chi connectivity index (χ2v) is 32.3. The van der Waals surface area contributed by atoms with E-state index in [9.17, 15) is 19.5 Å². The summed E-state index contributed by atoms with van der Waals surface area (Å²) in [7, 11) is 6.01. The molecule has 0 bridgehead atoms. The zero-order valence-electron chi connectivity index (χ0n) is 68.6. The van der Waals surface area contributed by atoms with Crippen LogP contribution < -0.4 is 0 Å². The average Bonchev–Trinajstić information content (AvgIpc) is 1.25. The van der Waals surface area contributed by atoms with E-state index >= 15 is 0 Å². The molecule has 0 aromatic heterocycles. The molecule has 2 unspecified atom stereocenters. The Bertz CT molecular complexity index is 1760. The van der Waals surface area contributed by atoms with Crippen LogP contribution in [0.25, 0.3) is 0 Å². The fraction of sp³-hybridized carbons (Fsp3) is 0.902. The Morgan fingerprint density at radius 2 is 0.535 bits per heavy atom. The molecular formula is C92H176NO8+. The molecule has 0 fully saturated rings. The minimum Gasteiger partial charge on any atom is -0.477 e. The summed E-state index contributed by atoms with van der Waals surface area (Å²) in [6, 6.07) is 0. The first kappa shape index (κ1) is 98.5. The lowest BCUT2D eigenvalue weighted by atomic mass is 10.0. The first-order valence-corrected chi connectivity index (χ1v) is 45.2. The Labute approximate surface area is 630 Å². The Hall–Kier alpha value is -2.49. The molecule has 0 radical (unpaired) electrons. The number of carboxylic acid groups (broad SMARTS) is 1. The number of likely N-dealkylation sites (N-methyl/N-ethyl adjacent to an activating group) is 1. The number of nitrogens with zero attached hydrogens (tertiary/aromatic N) is 1. The van der Waals surface area contributed by atoms with Crippen LogP contribution in [0.1, 0.15) is 476 Å². The van der Waals surface area contributed by atoms with Gasteiger partial charge in [0, 0.05) is 12.8 Å². The standard InChI is InChI=1S/C92H175NO8/c1-6-8-10-12-14-16-18-20-22-24-26-28-30-32-34-36-38-40-42-44-45-47-48-50-52-54-56-58-60-62-64-66-68-70-72-74-76-78-80-82-89(94)99-86-88(87-100-92(91(96)97)98-85-84-93(3,4)5)101-90(95)83-81-79-77-75-73-71-69-67-65-63-61-59-57-55-53-51-49-46-43-41-39-37-35-33-31-29-27-25-23-21-19-17-15-13-11-9-7-2/h19,21,24-27,88,92H,6-18,20,22-23,28-87H2,1-5H3/p+1/b21-19-,26-24-,27-25-. The van der Waals surface area contributed by atoms with Crippen molar-refractivity contribution in [2.45, 2.75) is 489 Å². The van der Waals surface area contributed by atoms with Crippen LogP contribution in [-0.4, -0.2) is 87.4 Å². The van der Waals surface area contributed by atoms with E-state index in [2.05, 4.69) is 50.3 Å². The lowest BCUT2D eigenvalue weighted by Gasteiger charge is -2.25. The van der Waals surface area contributed by atoms with Crippen molar-refractivity contribution < 1.29 is 42.9 Å². The molecule has 9 nitrogen and oxygen atoms in total. The van der Waals surface area contributed by atoms with Crippen LogP contribution in [0.2, 0.25) is 0 Å². The molecule has 0 aromatic rings. The van der Waals surface area contributed by atoms with Crippen LogP contribution >= 0.6 is 0 Å². The van der Waals surface area contributed by atoms with E-state index in [1.54, 1.807) is 0 Å². The predicted molar refractivity (Wildman–Crippen MR) is 438 cm³/mol. The first-order valence-electron chi connectivity index (χ1n) is 45.2. The smallest absolute Gasteiger partial charge is 0.361 e. The number of carbonyl (C=O) groups is 3. The van der Waals surface area contributed by atoms with E-state index in [1.165, 1.54) is 405 Å². The van der Waals surface area contributed by atoms with Gasteiger partial charge in [-0.05, 0) is 70.6 Å². The number of unbranched alkanes of at least 4 members (excludes halogenated alkanes) is 65. The van der Waals surface area contributed by atoms with Crippen LogP contribution in [0.4, 0.5) is 0 Å². The normalized spacial score (nSPS) is 12.7. The molecule has 0 amide bonds. The zero-order valence-corrected chi connectivity index (χ0v) is 68.6. The van der Waals surface area contributed by atoms with Gasteiger partial charge in [0.25, 0.3) is 6.29 Å². The maximum Gasteiger partial charge on any atom is 0.361 e. The number of aliphatic carboxylic acids is 1. The van der Waals surface area contributed by atoms with E-state index < -0.39 is 18.4 Å². The number of carbonyl (C=O) groups excluding carboxylic acids is 2. The van der Waals surface area contributed by atoms with Crippen molar-refractivity contribution >= 4 is 17.9 Å². The van der Waals surface area contributed by atoms with Gasteiger partial charge < -0.3 is 28.5 Å². The molecule has 1 N–H and O–H groups in total. The van der Waals surface area contributed by atoms with E-state index in [-0.39, 0.29) is 38.2 Å². The zero-order chi connectivity index (χ0) is 73.2. The highest BCUT2D eigenvalue weighted by atomic mass is 16.7. The van der Waals surface area contributed by atoms with Gasteiger partial charge in [0.05, 0.1) is 34.4 Å². The van der Waals surface area contributed by atoms with Crippen molar-refractivity contribution in [2.24, 2.45) is 0 Å². The van der Waals surface area contributed by atoms with Crippen molar-refractivity contribution in [1.82, 2.24) is 0 Å². The van der Waals surface area contributed by atoms with Gasteiger partial charge in [0.1, 0.15) is 13.2 Å². The summed E-state index contributed by atoms with van der Waals surface area (Å²) in [5, 5.41) is 9.79. The first-order chi connectivity index (χ1) is 49.6. The second-order valence-electron chi connectivity index (χ2n) is 32.3. The second kappa shape index (κ2) is 83.2. The fourth-order valence-corrected chi connectivity index (χ4v) is 14.0. The van der Waals surface area contributed by atoms with E-state index in [4.69, 9.17) is 18.9 Å². The van der Waals surface area contributed by atoms with Crippen molar-refractivity contribution in [3.8, 4) is 0 Å². The van der Waals surface area contributed by atoms with Gasteiger partial charge in [-0.1, -0.05) is 429 Å². The number of rotatable bonds is 86. The maximum absolute atomic E-state index is 13.0. The lowest BCUT2D eigenvalue weighted by Crippen LogP contribution is -2.40. The highest BCUT2D eigenvalue weighted by Gasteiger charge is 2.25. The van der Waals surface area contributed by atoms with Crippen LogP contribution in [0.15, 0.2) is 36.5 Å². The van der Waals surface area contributed by atoms with Gasteiger partial charge in [-0.3, -0.25) is 9.59 Å². The molecule has 0 aliphatic heterocycles. The van der Waals surface area contributed by atoms with Gasteiger partial charge in [-0.2, -0.15) is 0 Å². The summed E-state index contributed by atoms with van der Waals surface area (Å²) in [5.74, 6) is -1.96. The molecule has 0 saturated heterocycles. The molecule has 0 aliphatic carbocycles. The van der Waals surface area contributed by atoms with Crippen molar-refractivity contribution in [3.63, 3.8) is 0 Å². The van der Waals surface area contributed by atoms with Gasteiger partial charge in [-0.15, -0.1) is 0 Å². The van der Waals surface area contributed by atoms with Crippen LogP contribution in [0, 0.1) is 0 Å². The topological polar surface area (TPSA) is 108 Å². The molecule has 0 rings (SSSR count). The van der Waals surface area contributed by atoms with Gasteiger partial charge in [0.2, 0.25) is 0 Å². The molecule has 0 aromatic carbocycles. The molecule has 0 spiro atoms. The molecule has 101 heavy (non-hydrogen) atoms. The average molecular weight is 1420 g/mol. The van der Waals surface area contributed by atoms with Gasteiger partial charge >= 0.3 is 17.9 Å². The number of carboxylic acids is 1. The minimum atomic E-state index is -1.51. The summed E-state index contributed by atoms with van der Waals surface area (Å²) in [4.78, 5) is 37.8. The van der Waals surface area contributed by atoms with Crippen molar-refractivity contribution in [2.75, 3.05) is 47.5 Å². The number of allylic oxidation sites excluding steroid dienone is 6. The van der Waals surface area contributed by atoms with Crippen molar-refractivity contribution in [1.29, 1.82) is 0 Å². The summed E-state index contributed by atoms with van der Waals surface area (Å²) in [5.41, 5.74) is 0. The third kappa shape index (κ3) is 84.6. The summed E-state index contributed by atoms with van der Waals surface area (Å²) in [6.07, 6.45) is 106. The van der Waals surface area contributed by atoms with Gasteiger partial charge in [0.15, 0.2) is 6.10 Å². The summed E-state index contributed by atoms with van der Waals surface area (Å²) in [6.45, 7) is 4.96. The molecule has 2 atom stereocenters. The molecule has 596 valence electrons. The third-order valence-electron chi connectivity index (χ3n) is 20.9. The summed E-state index contributed by atoms with van der Waals surface area (Å²) >= 11 is 0. The number of ether oxygens (including phenoxy) is 4. The molecule has 9 heteroatoms. The third-order valence-corrected chi connectivity index (χ3v) is 20.9. The fourth-order valence-electron chi connectivity index (χ4n) is 14.0. The van der Waals surface area contributed by atoms with Crippen LogP contribution in [0.5, 0.6) is 0 Å². The Morgan fingerprint density at radius 1 is 0.297 bits per heavy atom. The highest BCUT2D eigenvalue weighted by Crippen LogP contribution is 2.21. The Kier molecular flexibility index (Phi) is 81.1. The quantitative estimate of drug-likeness (QED) is 0.0211. The number of esters is 2.